The molecule has 0 saturated carbocycles. The van der Waals surface area contributed by atoms with Crippen LogP contribution in [0.3, 0.4) is 0 Å². The third-order valence-electron chi connectivity index (χ3n) is 5.24. The van der Waals surface area contributed by atoms with E-state index in [1.165, 1.54) is 18.5 Å². The highest BCUT2D eigenvalue weighted by Gasteiger charge is 2.18. The molecule has 0 saturated heterocycles. The predicted octanol–water partition coefficient (Wildman–Crippen LogP) is 4.80. The number of aromatic nitrogens is 4. The molecule has 4 heteroatoms. The molecule has 26 heavy (non-hydrogen) atoms. The van der Waals surface area contributed by atoms with Gasteiger partial charge in [-0.25, -0.2) is 9.97 Å². The van der Waals surface area contributed by atoms with Crippen molar-refractivity contribution in [3.63, 3.8) is 0 Å². The van der Waals surface area contributed by atoms with Crippen LogP contribution >= 0.6 is 0 Å². The van der Waals surface area contributed by atoms with Crippen LogP contribution in [0.5, 0.6) is 0 Å². The van der Waals surface area contributed by atoms with E-state index in [1.807, 2.05) is 12.3 Å². The highest BCUT2D eigenvalue weighted by atomic mass is 14.9. The fraction of sp³-hybridized carbons (Fsp3) is 0.364. The van der Waals surface area contributed by atoms with Crippen molar-refractivity contribution in [3.05, 3.63) is 47.5 Å². The molecule has 3 aromatic heterocycles. The summed E-state index contributed by atoms with van der Waals surface area (Å²) in [5.74, 6) is 0.575. The molecule has 0 radical (unpaired) electrons. The summed E-state index contributed by atoms with van der Waals surface area (Å²) in [5, 5.41) is 2.13. The van der Waals surface area contributed by atoms with E-state index in [2.05, 4.69) is 37.0 Å². The molecule has 0 spiro atoms. The molecule has 0 aliphatic heterocycles. The van der Waals surface area contributed by atoms with Gasteiger partial charge >= 0.3 is 0 Å². The number of fused-ring (bicyclic) bond motifs is 7. The van der Waals surface area contributed by atoms with Gasteiger partial charge in [-0.3, -0.25) is 9.97 Å². The van der Waals surface area contributed by atoms with Crippen LogP contribution < -0.4 is 0 Å². The Bertz CT molecular complexity index is 1150. The predicted molar refractivity (Wildman–Crippen MR) is 105 cm³/mol. The minimum atomic E-state index is 0.575. The molecule has 0 N–H and O–H groups in total. The second kappa shape index (κ2) is 5.97. The summed E-state index contributed by atoms with van der Waals surface area (Å²) >= 11 is 0. The van der Waals surface area contributed by atoms with Crippen LogP contribution in [0.15, 0.2) is 30.5 Å². The molecule has 0 amide bonds. The summed E-state index contributed by atoms with van der Waals surface area (Å²) in [5.41, 5.74) is 7.29. The van der Waals surface area contributed by atoms with Crippen molar-refractivity contribution in [1.29, 1.82) is 0 Å². The van der Waals surface area contributed by atoms with Crippen LogP contribution in [-0.4, -0.2) is 19.9 Å². The molecule has 4 nitrogen and oxygen atoms in total. The topological polar surface area (TPSA) is 51.6 Å². The average molecular weight is 342 g/mol. The summed E-state index contributed by atoms with van der Waals surface area (Å²) in [6, 6.07) is 8.38. The molecule has 1 aliphatic rings. The van der Waals surface area contributed by atoms with Crippen LogP contribution in [0.4, 0.5) is 0 Å². The highest BCUT2D eigenvalue weighted by molar-refractivity contribution is 6.20. The first kappa shape index (κ1) is 15.6. The maximum Gasteiger partial charge on any atom is 0.0992 e. The molecular formula is C22H22N4. The normalized spacial score (nSPS) is 14.4. The average Bonchev–Trinajstić information content (AvgIpc) is 2.66. The van der Waals surface area contributed by atoms with Gasteiger partial charge in [-0.15, -0.1) is 0 Å². The molecular weight excluding hydrogens is 320 g/mol. The van der Waals surface area contributed by atoms with Gasteiger partial charge in [0.05, 0.1) is 33.5 Å². The van der Waals surface area contributed by atoms with Crippen LogP contribution in [-0.2, 0) is 19.3 Å². The number of hydrogen-bond acceptors (Lipinski definition) is 4. The summed E-state index contributed by atoms with van der Waals surface area (Å²) in [6.45, 7) is 4.45. The minimum absolute atomic E-state index is 0.575. The molecule has 4 aromatic rings. The fourth-order valence-electron chi connectivity index (χ4n) is 4.05. The quantitative estimate of drug-likeness (QED) is 0.491. The Morgan fingerprint density at radius 1 is 0.808 bits per heavy atom. The second-order valence-corrected chi connectivity index (χ2v) is 7.72. The van der Waals surface area contributed by atoms with Gasteiger partial charge in [0.1, 0.15) is 0 Å². The Morgan fingerprint density at radius 3 is 2.15 bits per heavy atom. The van der Waals surface area contributed by atoms with Crippen molar-refractivity contribution in [2.75, 3.05) is 0 Å². The maximum atomic E-state index is 5.05. The Kier molecular flexibility index (Phi) is 3.59. The van der Waals surface area contributed by atoms with Crippen molar-refractivity contribution in [1.82, 2.24) is 19.9 Å². The maximum absolute atomic E-state index is 5.05. The lowest BCUT2D eigenvalue weighted by Crippen LogP contribution is -2.09. The summed E-state index contributed by atoms with van der Waals surface area (Å²) in [4.78, 5) is 19.7. The molecule has 130 valence electrons. The zero-order valence-corrected chi connectivity index (χ0v) is 15.3. The van der Waals surface area contributed by atoms with Gasteiger partial charge in [0, 0.05) is 22.7 Å². The molecule has 1 aliphatic carbocycles. The fourth-order valence-corrected chi connectivity index (χ4v) is 4.05. The first-order valence-electron chi connectivity index (χ1n) is 9.56. The first-order chi connectivity index (χ1) is 12.7. The molecule has 0 fully saturated rings. The van der Waals surface area contributed by atoms with E-state index in [9.17, 15) is 0 Å². The SMILES string of the molecule is CC(C)Cc1ccc2c(n1)c1ncccc1c1nc3c(nc21)CCCC3. The second-order valence-electron chi connectivity index (χ2n) is 7.72. The Hall–Kier alpha value is -2.62. The van der Waals surface area contributed by atoms with Gasteiger partial charge in [-0.2, -0.15) is 0 Å². The Balaban J connectivity index is 1.90. The summed E-state index contributed by atoms with van der Waals surface area (Å²) in [6.07, 6.45) is 7.29. The van der Waals surface area contributed by atoms with Crippen LogP contribution in [0.1, 0.15) is 43.8 Å². The zero-order chi connectivity index (χ0) is 17.7. The highest BCUT2D eigenvalue weighted by Crippen LogP contribution is 2.33. The van der Waals surface area contributed by atoms with Gasteiger partial charge in [0.2, 0.25) is 0 Å². The Morgan fingerprint density at radius 2 is 1.46 bits per heavy atom. The lowest BCUT2D eigenvalue weighted by Gasteiger charge is -2.16. The van der Waals surface area contributed by atoms with E-state index in [-0.39, 0.29) is 0 Å². The zero-order valence-electron chi connectivity index (χ0n) is 15.3. The van der Waals surface area contributed by atoms with Crippen molar-refractivity contribution in [3.8, 4) is 0 Å². The molecule has 0 bridgehead atoms. The molecule has 1 aromatic carbocycles. The van der Waals surface area contributed by atoms with Gasteiger partial charge < -0.3 is 0 Å². The number of benzene rings is 1. The number of rotatable bonds is 2. The number of aryl methyl sites for hydroxylation is 2. The van der Waals surface area contributed by atoms with Crippen molar-refractivity contribution in [2.24, 2.45) is 5.92 Å². The van der Waals surface area contributed by atoms with E-state index in [1.54, 1.807) is 0 Å². The largest absolute Gasteiger partial charge is 0.254 e. The Labute approximate surface area is 152 Å². The van der Waals surface area contributed by atoms with Gasteiger partial charge in [0.25, 0.3) is 0 Å². The van der Waals surface area contributed by atoms with Gasteiger partial charge in [-0.1, -0.05) is 13.8 Å². The van der Waals surface area contributed by atoms with Gasteiger partial charge in [-0.05, 0) is 62.3 Å². The van der Waals surface area contributed by atoms with Gasteiger partial charge in [0.15, 0.2) is 0 Å². The number of nitrogens with zero attached hydrogens (tertiary/aromatic N) is 4. The molecule has 0 atom stereocenters. The van der Waals surface area contributed by atoms with Crippen LogP contribution in [0, 0.1) is 5.92 Å². The molecule has 0 unspecified atom stereocenters. The van der Waals surface area contributed by atoms with E-state index in [0.717, 1.165) is 63.5 Å². The molecule has 5 rings (SSSR count). The monoisotopic (exact) mass is 342 g/mol. The lowest BCUT2D eigenvalue weighted by atomic mass is 9.99. The standard InChI is InChI=1S/C22H22N4/c1-13(2)12-14-9-10-16-20(24-14)19-15(6-5-11-23-19)21-22(16)26-18-8-4-3-7-17(18)25-21/h5-6,9-11,13H,3-4,7-8,12H2,1-2H3. The third kappa shape index (κ3) is 2.44. The smallest absolute Gasteiger partial charge is 0.0992 e. The minimum Gasteiger partial charge on any atom is -0.254 e. The van der Waals surface area contributed by atoms with Crippen LogP contribution in [0.25, 0.3) is 32.8 Å². The first-order valence-corrected chi connectivity index (χ1v) is 9.56. The number of hydrogen-bond donors (Lipinski definition) is 0. The van der Waals surface area contributed by atoms with E-state index < -0.39 is 0 Å². The summed E-state index contributed by atoms with van der Waals surface area (Å²) < 4.78 is 0. The molecule has 3 heterocycles. The van der Waals surface area contributed by atoms with E-state index in [0.29, 0.717) is 5.92 Å². The lowest BCUT2D eigenvalue weighted by molar-refractivity contribution is 0.637. The van der Waals surface area contributed by atoms with Crippen LogP contribution in [0.2, 0.25) is 0 Å². The van der Waals surface area contributed by atoms with Crippen molar-refractivity contribution >= 4 is 32.8 Å². The number of pyridine rings is 2. The van der Waals surface area contributed by atoms with E-state index >= 15 is 0 Å². The van der Waals surface area contributed by atoms with E-state index in [4.69, 9.17) is 15.0 Å². The summed E-state index contributed by atoms with van der Waals surface area (Å²) in [7, 11) is 0. The van der Waals surface area contributed by atoms with Crippen molar-refractivity contribution < 1.29 is 0 Å². The van der Waals surface area contributed by atoms with Crippen molar-refractivity contribution in [2.45, 2.75) is 46.0 Å². The third-order valence-corrected chi connectivity index (χ3v) is 5.24.